The molecule has 0 spiro atoms. The minimum atomic E-state index is 0.782. The summed E-state index contributed by atoms with van der Waals surface area (Å²) in [6.07, 6.45) is 3.40. The van der Waals surface area contributed by atoms with Gasteiger partial charge in [-0.1, -0.05) is 0 Å². The second-order valence-corrected chi connectivity index (χ2v) is 3.03. The van der Waals surface area contributed by atoms with Gasteiger partial charge in [-0.3, -0.25) is 4.84 Å². The Morgan fingerprint density at radius 1 is 1.00 bits per heavy atom. The van der Waals surface area contributed by atoms with Gasteiger partial charge in [-0.05, 0) is 19.3 Å². The van der Waals surface area contributed by atoms with E-state index in [1.54, 1.807) is 0 Å². The normalized spacial score (nSPS) is 29.0. The summed E-state index contributed by atoms with van der Waals surface area (Å²) in [7, 11) is 0. The lowest BCUT2D eigenvalue weighted by Crippen LogP contribution is -2.46. The molecule has 0 aliphatic carbocycles. The lowest BCUT2D eigenvalue weighted by atomic mass is 10.3. The zero-order valence-electron chi connectivity index (χ0n) is 7.16. The fraction of sp³-hybridized carbons (Fsp3) is 0.875. The quantitative estimate of drug-likeness (QED) is 0.577. The highest BCUT2D eigenvalue weighted by atomic mass is 16.7. The highest BCUT2D eigenvalue weighted by molar-refractivity contribution is 4.62. The topological polar surface area (TPSA) is 24.9 Å². The van der Waals surface area contributed by atoms with Crippen molar-refractivity contribution < 1.29 is 9.57 Å². The van der Waals surface area contributed by atoms with Gasteiger partial charge in [-0.2, -0.15) is 5.01 Å². The van der Waals surface area contributed by atoms with Crippen LogP contribution in [-0.2, 0) is 9.57 Å². The van der Waals surface area contributed by atoms with Gasteiger partial charge in [0.2, 0.25) is 6.73 Å². The Labute approximate surface area is 73.0 Å². The Kier molecular flexibility index (Phi) is 2.94. The summed E-state index contributed by atoms with van der Waals surface area (Å²) in [6, 6.07) is 0. The van der Waals surface area contributed by atoms with Gasteiger partial charge in [0, 0.05) is 13.1 Å². The van der Waals surface area contributed by atoms with E-state index in [2.05, 4.69) is 6.73 Å². The summed E-state index contributed by atoms with van der Waals surface area (Å²) < 4.78 is 5.09. The van der Waals surface area contributed by atoms with Crippen molar-refractivity contribution in [2.24, 2.45) is 0 Å². The number of hydroxylamine groups is 1. The van der Waals surface area contributed by atoms with Crippen LogP contribution in [0, 0.1) is 6.73 Å². The van der Waals surface area contributed by atoms with Crippen LogP contribution >= 0.6 is 0 Å². The Morgan fingerprint density at radius 3 is 2.67 bits per heavy atom. The number of ether oxygens (including phenoxy) is 1. The molecule has 0 N–H and O–H groups in total. The molecule has 4 heteroatoms. The van der Waals surface area contributed by atoms with Crippen LogP contribution < -0.4 is 0 Å². The molecule has 0 unspecified atom stereocenters. The van der Waals surface area contributed by atoms with Crippen LogP contribution in [0.3, 0.4) is 0 Å². The lowest BCUT2D eigenvalue weighted by molar-refractivity contribution is -0.308. The Bertz CT molecular complexity index is 115. The third kappa shape index (κ3) is 1.95. The van der Waals surface area contributed by atoms with Gasteiger partial charge in [0.15, 0.2) is 0 Å². The van der Waals surface area contributed by atoms with Crippen molar-refractivity contribution in [2.45, 2.75) is 19.3 Å². The Balaban J connectivity index is 1.80. The van der Waals surface area contributed by atoms with Crippen LogP contribution in [0.5, 0.6) is 0 Å². The van der Waals surface area contributed by atoms with E-state index in [1.807, 2.05) is 10.2 Å². The maximum absolute atomic E-state index is 5.43. The van der Waals surface area contributed by atoms with E-state index in [0.29, 0.717) is 0 Å². The minimum Gasteiger partial charge on any atom is -0.351 e. The van der Waals surface area contributed by atoms with E-state index < -0.39 is 0 Å². The average molecular weight is 170 g/mol. The predicted octanol–water partition coefficient (Wildman–Crippen LogP) is 0.647. The van der Waals surface area contributed by atoms with Gasteiger partial charge in [-0.25, -0.2) is 0 Å². The van der Waals surface area contributed by atoms with Gasteiger partial charge in [-0.15, -0.1) is 5.17 Å². The van der Waals surface area contributed by atoms with E-state index >= 15 is 0 Å². The molecule has 0 amide bonds. The van der Waals surface area contributed by atoms with Crippen LogP contribution in [0.25, 0.3) is 0 Å². The Hall–Kier alpha value is -0.160. The average Bonchev–Trinajstić information content (AvgIpc) is 2.21. The van der Waals surface area contributed by atoms with Gasteiger partial charge in [0.1, 0.15) is 0 Å². The molecule has 2 radical (unpaired) electrons. The van der Waals surface area contributed by atoms with E-state index in [4.69, 9.17) is 9.57 Å². The second-order valence-electron chi connectivity index (χ2n) is 3.03. The zero-order chi connectivity index (χ0) is 8.23. The van der Waals surface area contributed by atoms with Crippen LogP contribution in [0.4, 0.5) is 0 Å². The van der Waals surface area contributed by atoms with Crippen molar-refractivity contribution in [3.63, 3.8) is 0 Å². The summed E-state index contributed by atoms with van der Waals surface area (Å²) in [4.78, 5) is 5.43. The van der Waals surface area contributed by atoms with Crippen LogP contribution in [-0.4, -0.2) is 36.5 Å². The van der Waals surface area contributed by atoms with Crippen molar-refractivity contribution in [2.75, 3.05) is 26.3 Å². The summed E-state index contributed by atoms with van der Waals surface area (Å²) in [5, 5.41) is 3.74. The molecule has 12 heavy (non-hydrogen) atoms. The first-order chi connectivity index (χ1) is 5.97. The van der Waals surface area contributed by atoms with Gasteiger partial charge in [0.25, 0.3) is 0 Å². The number of hydrazine groups is 1. The standard InChI is InChI=1S/C8H14N2O2/c1-2-7-12-10(5-1)9-4-3-6-11-8-9/h1-7H2. The van der Waals surface area contributed by atoms with E-state index in [1.165, 1.54) is 6.42 Å². The highest BCUT2D eigenvalue weighted by Crippen LogP contribution is 2.14. The number of nitrogens with zero attached hydrogens (tertiary/aromatic N) is 2. The van der Waals surface area contributed by atoms with Gasteiger partial charge >= 0.3 is 0 Å². The van der Waals surface area contributed by atoms with Crippen LogP contribution in [0.1, 0.15) is 19.3 Å². The number of hydrogen-bond donors (Lipinski definition) is 0. The van der Waals surface area contributed by atoms with Crippen LogP contribution in [0.2, 0.25) is 0 Å². The zero-order valence-corrected chi connectivity index (χ0v) is 7.16. The molecule has 2 saturated heterocycles. The maximum Gasteiger partial charge on any atom is 0.234 e. The molecule has 0 aromatic rings. The van der Waals surface area contributed by atoms with Crippen molar-refractivity contribution in [1.82, 2.24) is 10.2 Å². The summed E-state index contributed by atoms with van der Waals surface area (Å²) in [5.74, 6) is 0. The molecule has 2 aliphatic rings. The van der Waals surface area contributed by atoms with Crippen molar-refractivity contribution in [3.05, 3.63) is 6.73 Å². The molecule has 68 valence electrons. The van der Waals surface area contributed by atoms with Crippen molar-refractivity contribution in [3.8, 4) is 0 Å². The van der Waals surface area contributed by atoms with Crippen molar-refractivity contribution in [1.29, 1.82) is 0 Å². The van der Waals surface area contributed by atoms with E-state index in [9.17, 15) is 0 Å². The van der Waals surface area contributed by atoms with Crippen LogP contribution in [0.15, 0.2) is 0 Å². The summed E-state index contributed by atoms with van der Waals surface area (Å²) >= 11 is 0. The smallest absolute Gasteiger partial charge is 0.234 e. The molecule has 0 aromatic carbocycles. The van der Waals surface area contributed by atoms with E-state index in [0.717, 1.165) is 39.1 Å². The molecule has 2 fully saturated rings. The molecule has 2 heterocycles. The summed E-state index contributed by atoms with van der Waals surface area (Å²) in [6.45, 7) is 6.34. The van der Waals surface area contributed by atoms with Crippen molar-refractivity contribution >= 4 is 0 Å². The molecule has 0 bridgehead atoms. The summed E-state index contributed by atoms with van der Waals surface area (Å²) in [5.41, 5.74) is 0. The molecule has 0 aromatic heterocycles. The monoisotopic (exact) mass is 170 g/mol. The molecular weight excluding hydrogens is 156 g/mol. The largest absolute Gasteiger partial charge is 0.351 e. The fourth-order valence-electron chi connectivity index (χ4n) is 1.38. The van der Waals surface area contributed by atoms with Gasteiger partial charge in [0.05, 0.1) is 13.2 Å². The SMILES string of the molecule is [C]1OCCCN1N1CCCCO1. The maximum atomic E-state index is 5.43. The lowest BCUT2D eigenvalue weighted by Gasteiger charge is -2.36. The Morgan fingerprint density at radius 2 is 2.00 bits per heavy atom. The predicted molar refractivity (Wildman–Crippen MR) is 42.4 cm³/mol. The highest BCUT2D eigenvalue weighted by Gasteiger charge is 2.22. The molecule has 2 aliphatic heterocycles. The number of hydrogen-bond acceptors (Lipinski definition) is 4. The van der Waals surface area contributed by atoms with Gasteiger partial charge < -0.3 is 4.74 Å². The first kappa shape index (κ1) is 8.44. The first-order valence-electron chi connectivity index (χ1n) is 4.52. The number of rotatable bonds is 1. The minimum absolute atomic E-state index is 0.782. The fourth-order valence-corrected chi connectivity index (χ4v) is 1.38. The third-order valence-corrected chi connectivity index (χ3v) is 2.04. The van der Waals surface area contributed by atoms with E-state index in [-0.39, 0.29) is 0 Å². The molecule has 0 saturated carbocycles. The molecule has 0 atom stereocenters. The second kappa shape index (κ2) is 4.18. The molecule has 2 rings (SSSR count). The first-order valence-corrected chi connectivity index (χ1v) is 4.52. The molecular formula is C8H14N2O2. The third-order valence-electron chi connectivity index (χ3n) is 2.04. The molecule has 4 nitrogen and oxygen atoms in total.